The molecule has 0 amide bonds. The van der Waals surface area contributed by atoms with Crippen LogP contribution in [-0.4, -0.2) is 30.1 Å². The van der Waals surface area contributed by atoms with Crippen LogP contribution in [0.4, 0.5) is 0 Å². The van der Waals surface area contributed by atoms with Gasteiger partial charge in [-0.3, -0.25) is 4.90 Å². The van der Waals surface area contributed by atoms with Crippen LogP contribution in [0.25, 0.3) is 0 Å². The number of nitrogens with zero attached hydrogens (tertiary/aromatic N) is 1. The quantitative estimate of drug-likeness (QED) is 0.657. The third-order valence-corrected chi connectivity index (χ3v) is 4.60. The molecule has 1 atom stereocenters. The van der Waals surface area contributed by atoms with Gasteiger partial charge in [0.25, 0.3) is 0 Å². The van der Waals surface area contributed by atoms with Crippen LogP contribution in [0.5, 0.6) is 5.75 Å². The lowest BCUT2D eigenvalue weighted by molar-refractivity contribution is -0.0798. The maximum Gasteiger partial charge on any atom is 0.129 e. The molecule has 2 bridgehead atoms. The summed E-state index contributed by atoms with van der Waals surface area (Å²) in [7, 11) is 0. The van der Waals surface area contributed by atoms with Crippen LogP contribution in [-0.2, 0) is 6.42 Å². The van der Waals surface area contributed by atoms with Gasteiger partial charge in [-0.05, 0) is 37.6 Å². The Balaban J connectivity index is 1.72. The third-order valence-electron chi connectivity index (χ3n) is 4.60. The Kier molecular flexibility index (Phi) is 1.70. The molecule has 1 aromatic rings. The van der Waals surface area contributed by atoms with Crippen molar-refractivity contribution in [3.63, 3.8) is 0 Å². The van der Waals surface area contributed by atoms with Crippen molar-refractivity contribution in [3.05, 3.63) is 29.8 Å². The fourth-order valence-corrected chi connectivity index (χ4v) is 3.77. The lowest BCUT2D eigenvalue weighted by Crippen LogP contribution is -2.61. The van der Waals surface area contributed by atoms with E-state index in [1.54, 1.807) is 0 Å². The molecule has 84 valence electrons. The largest absolute Gasteiger partial charge is 0.485 e. The van der Waals surface area contributed by atoms with Crippen LogP contribution < -0.4 is 4.74 Å². The number of para-hydroxylation sites is 1. The first-order valence-electron chi connectivity index (χ1n) is 6.35. The lowest BCUT2D eigenvalue weighted by atomic mass is 9.73. The molecule has 2 heteroatoms. The Bertz CT molecular complexity index is 395. The summed E-state index contributed by atoms with van der Waals surface area (Å²) in [5.74, 6) is 1.92. The topological polar surface area (TPSA) is 12.5 Å². The average Bonchev–Trinajstić information content (AvgIpc) is 2.68. The summed E-state index contributed by atoms with van der Waals surface area (Å²) in [4.78, 5) is 2.58. The van der Waals surface area contributed by atoms with E-state index < -0.39 is 0 Å². The zero-order valence-electron chi connectivity index (χ0n) is 9.48. The Morgan fingerprint density at radius 3 is 2.69 bits per heavy atom. The normalized spacial score (nSPS) is 39.8. The second kappa shape index (κ2) is 3.01. The second-order valence-corrected chi connectivity index (χ2v) is 5.50. The van der Waals surface area contributed by atoms with Gasteiger partial charge in [0.2, 0.25) is 0 Å². The van der Waals surface area contributed by atoms with Gasteiger partial charge in [0.1, 0.15) is 11.4 Å². The average molecular weight is 215 g/mol. The van der Waals surface area contributed by atoms with Crippen LogP contribution in [0, 0.1) is 5.92 Å². The SMILES string of the molecule is c1ccc2c(c1)C[C@@]1(CN3CCC1CC3)O2. The second-order valence-electron chi connectivity index (χ2n) is 5.50. The van der Waals surface area contributed by atoms with Gasteiger partial charge in [0.05, 0.1) is 0 Å². The number of fused-ring (bicyclic) bond motifs is 3. The van der Waals surface area contributed by atoms with E-state index in [0.29, 0.717) is 0 Å². The maximum atomic E-state index is 6.33. The molecular formula is C14H17NO. The number of ether oxygens (including phenoxy) is 1. The van der Waals surface area contributed by atoms with E-state index in [9.17, 15) is 0 Å². The first-order valence-corrected chi connectivity index (χ1v) is 6.35. The highest BCUT2D eigenvalue weighted by Crippen LogP contribution is 2.46. The van der Waals surface area contributed by atoms with Crippen LogP contribution in [0.1, 0.15) is 18.4 Å². The first kappa shape index (κ1) is 9.06. The van der Waals surface area contributed by atoms with Crippen LogP contribution in [0.3, 0.4) is 0 Å². The van der Waals surface area contributed by atoms with Crippen molar-refractivity contribution in [2.45, 2.75) is 24.9 Å². The zero-order valence-corrected chi connectivity index (χ0v) is 9.48. The van der Waals surface area contributed by atoms with E-state index in [2.05, 4.69) is 29.2 Å². The van der Waals surface area contributed by atoms with E-state index >= 15 is 0 Å². The molecule has 0 aliphatic carbocycles. The van der Waals surface area contributed by atoms with Gasteiger partial charge >= 0.3 is 0 Å². The zero-order chi connectivity index (χ0) is 10.6. The smallest absolute Gasteiger partial charge is 0.129 e. The maximum absolute atomic E-state index is 6.33. The summed E-state index contributed by atoms with van der Waals surface area (Å²) < 4.78 is 6.33. The van der Waals surface area contributed by atoms with E-state index in [0.717, 1.165) is 24.6 Å². The Labute approximate surface area is 96.2 Å². The van der Waals surface area contributed by atoms with Crippen molar-refractivity contribution in [3.8, 4) is 5.75 Å². The van der Waals surface area contributed by atoms with E-state index in [-0.39, 0.29) is 5.60 Å². The number of piperidine rings is 3. The van der Waals surface area contributed by atoms with Gasteiger partial charge < -0.3 is 4.74 Å². The van der Waals surface area contributed by atoms with E-state index in [4.69, 9.17) is 4.74 Å². The van der Waals surface area contributed by atoms with Gasteiger partial charge in [-0.15, -0.1) is 0 Å². The fraction of sp³-hybridized carbons (Fsp3) is 0.571. The Morgan fingerprint density at radius 1 is 1.19 bits per heavy atom. The summed E-state index contributed by atoms with van der Waals surface area (Å²) in [6.07, 6.45) is 3.78. The molecule has 2 nitrogen and oxygen atoms in total. The number of hydrogen-bond donors (Lipinski definition) is 0. The molecule has 4 aliphatic rings. The highest BCUT2D eigenvalue weighted by atomic mass is 16.5. The molecule has 0 saturated carbocycles. The highest BCUT2D eigenvalue weighted by Gasteiger charge is 2.51. The minimum atomic E-state index is 0.125. The summed E-state index contributed by atoms with van der Waals surface area (Å²) in [5.41, 5.74) is 1.54. The van der Waals surface area contributed by atoms with E-state index in [1.807, 2.05) is 0 Å². The minimum absolute atomic E-state index is 0.125. The van der Waals surface area contributed by atoms with Crippen LogP contribution >= 0.6 is 0 Å². The molecule has 3 fully saturated rings. The number of hydrogen-bond acceptors (Lipinski definition) is 2. The molecule has 4 heterocycles. The predicted molar refractivity (Wildman–Crippen MR) is 62.7 cm³/mol. The van der Waals surface area contributed by atoms with Gasteiger partial charge in [0, 0.05) is 18.9 Å². The molecule has 0 N–H and O–H groups in total. The van der Waals surface area contributed by atoms with Gasteiger partial charge in [-0.2, -0.15) is 0 Å². The van der Waals surface area contributed by atoms with E-state index in [1.165, 1.54) is 31.5 Å². The van der Waals surface area contributed by atoms with Crippen LogP contribution in [0.2, 0.25) is 0 Å². The van der Waals surface area contributed by atoms with Gasteiger partial charge in [-0.1, -0.05) is 18.2 Å². The Hall–Kier alpha value is -1.02. The molecule has 1 aromatic carbocycles. The molecule has 3 saturated heterocycles. The third kappa shape index (κ3) is 1.11. The monoisotopic (exact) mass is 215 g/mol. The van der Waals surface area contributed by atoms with Crippen molar-refractivity contribution < 1.29 is 4.74 Å². The van der Waals surface area contributed by atoms with Crippen molar-refractivity contribution in [2.24, 2.45) is 5.92 Å². The van der Waals surface area contributed by atoms with Crippen molar-refractivity contribution >= 4 is 0 Å². The summed E-state index contributed by atoms with van der Waals surface area (Å²) >= 11 is 0. The number of rotatable bonds is 0. The highest BCUT2D eigenvalue weighted by molar-refractivity contribution is 5.40. The molecule has 0 aromatic heterocycles. The van der Waals surface area contributed by atoms with Crippen molar-refractivity contribution in [1.82, 2.24) is 4.90 Å². The molecule has 0 radical (unpaired) electrons. The number of benzene rings is 1. The lowest BCUT2D eigenvalue weighted by Gasteiger charge is -2.50. The molecule has 4 aliphatic heterocycles. The predicted octanol–water partition coefficient (Wildman–Crippen LogP) is 2.09. The first-order chi connectivity index (χ1) is 7.86. The molecule has 16 heavy (non-hydrogen) atoms. The molecule has 1 spiro atoms. The molecular weight excluding hydrogens is 198 g/mol. The van der Waals surface area contributed by atoms with Gasteiger partial charge in [0.15, 0.2) is 0 Å². The minimum Gasteiger partial charge on any atom is -0.485 e. The Morgan fingerprint density at radius 2 is 2.00 bits per heavy atom. The van der Waals surface area contributed by atoms with Crippen LogP contribution in [0.15, 0.2) is 24.3 Å². The standard InChI is InChI=1S/C14H17NO/c1-2-4-13-11(3-1)9-14(16-13)10-15-7-5-12(14)6-8-15/h1-4,12H,5-10H2/t14-/m0/s1. The summed E-state index contributed by atoms with van der Waals surface area (Å²) in [6, 6.07) is 8.56. The molecule has 5 rings (SSSR count). The summed E-state index contributed by atoms with van der Waals surface area (Å²) in [5, 5.41) is 0. The van der Waals surface area contributed by atoms with Crippen molar-refractivity contribution in [2.75, 3.05) is 19.6 Å². The molecule has 0 unspecified atom stereocenters. The summed E-state index contributed by atoms with van der Waals surface area (Å²) in [6.45, 7) is 3.71. The van der Waals surface area contributed by atoms with Gasteiger partial charge in [-0.25, -0.2) is 0 Å². The fourth-order valence-electron chi connectivity index (χ4n) is 3.77. The van der Waals surface area contributed by atoms with Crippen molar-refractivity contribution in [1.29, 1.82) is 0 Å².